The Morgan fingerprint density at radius 2 is 1.67 bits per heavy atom. The second kappa shape index (κ2) is 14.3. The third-order valence-corrected chi connectivity index (χ3v) is 6.47. The fourth-order valence-corrected chi connectivity index (χ4v) is 4.47. The van der Waals surface area contributed by atoms with Gasteiger partial charge in [0.05, 0.1) is 0 Å². The summed E-state index contributed by atoms with van der Waals surface area (Å²) < 4.78 is 24.8. The lowest BCUT2D eigenvalue weighted by atomic mass is 9.79. The summed E-state index contributed by atoms with van der Waals surface area (Å²) in [5, 5.41) is 26.4. The van der Waals surface area contributed by atoms with Crippen molar-refractivity contribution in [3.05, 3.63) is 82.7 Å². The average Bonchev–Trinajstić information content (AvgIpc) is 3.71. The molecule has 0 amide bonds. The summed E-state index contributed by atoms with van der Waals surface area (Å²) in [5.74, 6) is 0.761. The summed E-state index contributed by atoms with van der Waals surface area (Å²) in [5.41, 5.74) is 7.06. The molecule has 0 saturated heterocycles. The van der Waals surface area contributed by atoms with Crippen LogP contribution in [0.5, 0.6) is 0 Å². The molecule has 6 nitrogen and oxygen atoms in total. The molecule has 39 heavy (non-hydrogen) atoms. The smallest absolute Gasteiger partial charge is 0.456 e. The van der Waals surface area contributed by atoms with Gasteiger partial charge in [-0.15, -0.1) is 0 Å². The minimum absolute atomic E-state index is 0.125. The molecule has 208 valence electrons. The normalized spacial score (nSPS) is 12.3. The molecule has 0 spiro atoms. The summed E-state index contributed by atoms with van der Waals surface area (Å²) >= 11 is 0. The van der Waals surface area contributed by atoms with Crippen molar-refractivity contribution in [1.29, 1.82) is 0 Å². The Kier molecular flexibility index (Phi) is 11.1. The highest BCUT2D eigenvalue weighted by Gasteiger charge is 2.28. The van der Waals surface area contributed by atoms with Crippen LogP contribution in [0.3, 0.4) is 0 Å². The molecule has 0 unspecified atom stereocenters. The quantitative estimate of drug-likeness (QED) is 0.216. The number of ether oxygens (including phenoxy) is 1. The number of rotatable bonds is 8. The fraction of sp³-hybridized carbons (Fsp3) is 0.355. The molecule has 1 aliphatic rings. The Bertz CT molecular complexity index is 1350. The van der Waals surface area contributed by atoms with Gasteiger partial charge in [-0.05, 0) is 56.0 Å². The minimum atomic E-state index is -1.82. The Morgan fingerprint density at radius 1 is 1.00 bits per heavy atom. The van der Waals surface area contributed by atoms with Gasteiger partial charge in [0, 0.05) is 61.0 Å². The van der Waals surface area contributed by atoms with E-state index >= 15 is 0 Å². The van der Waals surface area contributed by atoms with E-state index in [4.69, 9.17) is 4.42 Å². The molecule has 0 aliphatic heterocycles. The first-order chi connectivity index (χ1) is 18.9. The minimum Gasteiger partial charge on any atom is -0.456 e. The molecule has 8 heteroatoms. The highest BCUT2D eigenvalue weighted by Crippen LogP contribution is 2.46. The van der Waals surface area contributed by atoms with Crippen LogP contribution in [0.2, 0.25) is 0 Å². The van der Waals surface area contributed by atoms with Gasteiger partial charge in [0.1, 0.15) is 17.2 Å². The van der Waals surface area contributed by atoms with E-state index in [0.29, 0.717) is 19.0 Å². The first-order valence-electron chi connectivity index (χ1n) is 13.5. The van der Waals surface area contributed by atoms with Crippen molar-refractivity contribution in [2.45, 2.75) is 52.6 Å². The van der Waals surface area contributed by atoms with Crippen LogP contribution in [0.25, 0.3) is 22.3 Å². The van der Waals surface area contributed by atoms with Gasteiger partial charge in [0.15, 0.2) is 0 Å². The molecule has 1 aliphatic carbocycles. The Balaban J connectivity index is 0.000000787. The van der Waals surface area contributed by atoms with Crippen molar-refractivity contribution in [3.8, 4) is 11.3 Å². The number of methoxy groups -OCH3 is 1. The summed E-state index contributed by atoms with van der Waals surface area (Å²) in [6.07, 6.45) is 2.31. The van der Waals surface area contributed by atoms with Crippen LogP contribution < -0.4 is 16.1 Å². The van der Waals surface area contributed by atoms with E-state index in [9.17, 15) is 14.4 Å². The van der Waals surface area contributed by atoms with Gasteiger partial charge in [-0.2, -0.15) is 0 Å². The second-order valence-corrected chi connectivity index (χ2v) is 9.51. The van der Waals surface area contributed by atoms with Crippen molar-refractivity contribution in [2.75, 3.05) is 26.6 Å². The number of nitrogens with one attached hydrogen (secondary N) is 2. The molecule has 0 bridgehead atoms. The lowest BCUT2D eigenvalue weighted by Crippen LogP contribution is -2.32. The SMILES string of the molecule is CC.CNCc1c(-c2ccc(C)cc2)oc2cc(NCc3ccc(B(O)O)c(F)c3)c(C3CC3)cc12.COC. The van der Waals surface area contributed by atoms with Crippen molar-refractivity contribution in [2.24, 2.45) is 0 Å². The maximum absolute atomic E-state index is 14.2. The molecule has 4 aromatic rings. The van der Waals surface area contributed by atoms with E-state index in [1.165, 1.54) is 23.3 Å². The van der Waals surface area contributed by atoms with Crippen LogP contribution in [0.1, 0.15) is 54.9 Å². The highest BCUT2D eigenvalue weighted by atomic mass is 19.1. The van der Waals surface area contributed by atoms with E-state index in [1.54, 1.807) is 20.3 Å². The van der Waals surface area contributed by atoms with Crippen LogP contribution in [0.4, 0.5) is 10.1 Å². The predicted octanol–water partition coefficient (Wildman–Crippen LogP) is 5.72. The number of benzene rings is 3. The summed E-state index contributed by atoms with van der Waals surface area (Å²) in [4.78, 5) is 0. The zero-order chi connectivity index (χ0) is 28.5. The zero-order valence-electron chi connectivity index (χ0n) is 23.8. The lowest BCUT2D eigenvalue weighted by molar-refractivity contribution is 0.277. The first kappa shape index (κ1) is 30.4. The van der Waals surface area contributed by atoms with Gasteiger partial charge >= 0.3 is 7.12 Å². The molecule has 1 aromatic heterocycles. The van der Waals surface area contributed by atoms with E-state index in [-0.39, 0.29) is 5.46 Å². The molecule has 3 aromatic carbocycles. The molecule has 0 radical (unpaired) electrons. The molecule has 1 saturated carbocycles. The number of furan rings is 1. The lowest BCUT2D eigenvalue weighted by Gasteiger charge is -2.13. The topological polar surface area (TPSA) is 86.9 Å². The zero-order valence-corrected chi connectivity index (χ0v) is 23.8. The number of hydrogen-bond acceptors (Lipinski definition) is 6. The monoisotopic (exact) mass is 534 g/mol. The Morgan fingerprint density at radius 3 is 2.23 bits per heavy atom. The van der Waals surface area contributed by atoms with E-state index < -0.39 is 12.9 Å². The number of fused-ring (bicyclic) bond motifs is 1. The van der Waals surface area contributed by atoms with Gasteiger partial charge in [-0.1, -0.05) is 55.8 Å². The molecule has 5 rings (SSSR count). The highest BCUT2D eigenvalue weighted by molar-refractivity contribution is 6.58. The van der Waals surface area contributed by atoms with Crippen LogP contribution >= 0.6 is 0 Å². The maximum atomic E-state index is 14.2. The third kappa shape index (κ3) is 7.49. The number of anilines is 1. The number of hydrogen-bond donors (Lipinski definition) is 4. The Hall–Kier alpha value is -3.17. The largest absolute Gasteiger partial charge is 0.491 e. The van der Waals surface area contributed by atoms with Gasteiger partial charge < -0.3 is 29.8 Å². The van der Waals surface area contributed by atoms with Gasteiger partial charge in [-0.25, -0.2) is 4.39 Å². The van der Waals surface area contributed by atoms with Crippen LogP contribution in [0, 0.1) is 12.7 Å². The molecular weight excluding hydrogens is 494 g/mol. The van der Waals surface area contributed by atoms with Gasteiger partial charge in [-0.3, -0.25) is 0 Å². The first-order valence-corrected chi connectivity index (χ1v) is 13.5. The van der Waals surface area contributed by atoms with Crippen molar-refractivity contribution < 1.29 is 23.6 Å². The molecule has 4 N–H and O–H groups in total. The van der Waals surface area contributed by atoms with Crippen molar-refractivity contribution in [3.63, 3.8) is 0 Å². The summed E-state index contributed by atoms with van der Waals surface area (Å²) in [6, 6.07) is 17.1. The standard InChI is InChI=1S/C27H28BFN2O3.C2H6O.C2H6/c1-16-3-6-19(7-4-16)27-22(15-30-2)21-12-20(18-8-9-18)25(13-26(21)34-27)31-14-17-5-10-23(28(32)33)24(29)11-17;1-3-2;1-2/h3-7,10-13,18,30-33H,8-9,14-15H2,1-2H3;1-2H3;1-2H3. The number of aryl methyl sites for hydroxylation is 1. The predicted molar refractivity (Wildman–Crippen MR) is 159 cm³/mol. The summed E-state index contributed by atoms with van der Waals surface area (Å²) in [6.45, 7) is 7.19. The second-order valence-electron chi connectivity index (χ2n) is 9.51. The molecule has 1 fully saturated rings. The van der Waals surface area contributed by atoms with Gasteiger partial charge in [0.2, 0.25) is 0 Å². The molecule has 0 atom stereocenters. The fourth-order valence-electron chi connectivity index (χ4n) is 4.47. The summed E-state index contributed by atoms with van der Waals surface area (Å²) in [7, 11) is 3.37. The number of halogens is 1. The van der Waals surface area contributed by atoms with Crippen LogP contribution in [-0.2, 0) is 17.8 Å². The molecule has 1 heterocycles. The van der Waals surface area contributed by atoms with Gasteiger partial charge in [0.25, 0.3) is 0 Å². The van der Waals surface area contributed by atoms with E-state index in [1.807, 2.05) is 20.9 Å². The molecular formula is C31H40BFN2O4. The Labute approximate surface area is 231 Å². The van der Waals surface area contributed by atoms with E-state index in [0.717, 1.165) is 51.9 Å². The van der Waals surface area contributed by atoms with Crippen LogP contribution in [-0.4, -0.2) is 38.4 Å². The maximum Gasteiger partial charge on any atom is 0.491 e. The average molecular weight is 534 g/mol. The van der Waals surface area contributed by atoms with Crippen molar-refractivity contribution in [1.82, 2.24) is 5.32 Å². The van der Waals surface area contributed by atoms with Crippen LogP contribution in [0.15, 0.2) is 59.0 Å². The third-order valence-electron chi connectivity index (χ3n) is 6.47. The van der Waals surface area contributed by atoms with Crippen molar-refractivity contribution >= 4 is 29.2 Å². The van der Waals surface area contributed by atoms with E-state index in [2.05, 4.69) is 58.7 Å².